The van der Waals surface area contributed by atoms with E-state index in [9.17, 15) is 19.8 Å². The van der Waals surface area contributed by atoms with Crippen LogP contribution < -0.4 is 5.32 Å². The van der Waals surface area contributed by atoms with Gasteiger partial charge in [0, 0.05) is 12.8 Å². The van der Waals surface area contributed by atoms with Crippen molar-refractivity contribution in [3.8, 4) is 0 Å². The van der Waals surface area contributed by atoms with Crippen molar-refractivity contribution in [2.45, 2.75) is 405 Å². The number of carbonyl (C=O) groups is 2. The lowest BCUT2D eigenvalue weighted by atomic mass is 10.0. The number of allylic oxidation sites excluding steroid dienone is 2. The summed E-state index contributed by atoms with van der Waals surface area (Å²) >= 11 is 0. The van der Waals surface area contributed by atoms with Crippen molar-refractivity contribution < 1.29 is 24.5 Å². The maximum Gasteiger partial charge on any atom is 0.305 e. The molecular weight excluding hydrogens is 923 g/mol. The molecule has 2 unspecified atom stereocenters. The molecule has 0 aliphatic carbocycles. The topological polar surface area (TPSA) is 95.9 Å². The van der Waals surface area contributed by atoms with Crippen molar-refractivity contribution in [3.05, 3.63) is 12.2 Å². The molecule has 0 aromatic rings. The van der Waals surface area contributed by atoms with Crippen LogP contribution in [0, 0.1) is 0 Å². The molecule has 0 fully saturated rings. The van der Waals surface area contributed by atoms with Crippen molar-refractivity contribution in [2.75, 3.05) is 13.2 Å². The van der Waals surface area contributed by atoms with Gasteiger partial charge in [0.1, 0.15) is 0 Å². The standard InChI is InChI=1S/C69H135NO5/c1-3-5-7-9-11-13-15-16-17-18-32-35-38-42-45-49-53-57-61-67(72)66(65-71)70-68(73)62-58-54-50-46-43-39-36-33-30-28-26-24-22-20-19-21-23-25-27-29-31-34-37-40-44-48-52-56-60-64-75-69(74)63-59-55-51-47-41-14-12-10-8-6-4-2/h10,12,66-67,71-72H,3-9,11,13-65H2,1-2H3,(H,70,73)/b12-10-. The van der Waals surface area contributed by atoms with E-state index in [0.717, 1.165) is 44.9 Å². The van der Waals surface area contributed by atoms with Crippen LogP contribution in [0.15, 0.2) is 12.2 Å². The predicted octanol–water partition coefficient (Wildman–Crippen LogP) is 22.0. The molecule has 446 valence electrons. The van der Waals surface area contributed by atoms with Crippen molar-refractivity contribution in [1.29, 1.82) is 0 Å². The summed E-state index contributed by atoms with van der Waals surface area (Å²) in [6.45, 7) is 4.95. The van der Waals surface area contributed by atoms with Gasteiger partial charge in [-0.1, -0.05) is 347 Å². The number of rotatable bonds is 65. The smallest absolute Gasteiger partial charge is 0.305 e. The Morgan fingerprint density at radius 1 is 0.360 bits per heavy atom. The van der Waals surface area contributed by atoms with Gasteiger partial charge in [0.2, 0.25) is 5.91 Å². The highest BCUT2D eigenvalue weighted by Gasteiger charge is 2.20. The molecule has 0 aliphatic rings. The molecule has 0 saturated carbocycles. The van der Waals surface area contributed by atoms with E-state index >= 15 is 0 Å². The number of esters is 1. The lowest BCUT2D eigenvalue weighted by molar-refractivity contribution is -0.143. The Morgan fingerprint density at radius 2 is 0.640 bits per heavy atom. The van der Waals surface area contributed by atoms with E-state index in [4.69, 9.17) is 4.74 Å². The summed E-state index contributed by atoms with van der Waals surface area (Å²) in [6.07, 6.45) is 79.7. The Bertz CT molecular complexity index is 1130. The molecule has 0 aromatic heterocycles. The van der Waals surface area contributed by atoms with Gasteiger partial charge < -0.3 is 20.3 Å². The minimum absolute atomic E-state index is 0.00910. The number of aliphatic hydroxyl groups is 2. The van der Waals surface area contributed by atoms with Gasteiger partial charge in [-0.25, -0.2) is 0 Å². The van der Waals surface area contributed by atoms with Gasteiger partial charge in [0.05, 0.1) is 25.4 Å². The molecule has 3 N–H and O–H groups in total. The van der Waals surface area contributed by atoms with E-state index in [1.54, 1.807) is 0 Å². The largest absolute Gasteiger partial charge is 0.466 e. The highest BCUT2D eigenvalue weighted by molar-refractivity contribution is 5.76. The summed E-state index contributed by atoms with van der Waals surface area (Å²) in [6, 6.07) is -0.538. The average Bonchev–Trinajstić information content (AvgIpc) is 3.41. The molecular formula is C69H135NO5. The maximum absolute atomic E-state index is 12.5. The number of unbranched alkanes of at least 4 members (excludes halogenated alkanes) is 52. The van der Waals surface area contributed by atoms with Crippen LogP contribution in [0.2, 0.25) is 0 Å². The minimum atomic E-state index is -0.661. The molecule has 75 heavy (non-hydrogen) atoms. The number of hydrogen-bond donors (Lipinski definition) is 3. The van der Waals surface area contributed by atoms with Crippen LogP contribution in [-0.2, 0) is 14.3 Å². The number of amides is 1. The predicted molar refractivity (Wildman–Crippen MR) is 329 cm³/mol. The second kappa shape index (κ2) is 65.1. The van der Waals surface area contributed by atoms with Crippen LogP contribution in [0.3, 0.4) is 0 Å². The fourth-order valence-electron chi connectivity index (χ4n) is 11.0. The second-order valence-electron chi connectivity index (χ2n) is 23.9. The molecule has 0 spiro atoms. The molecule has 6 heteroatoms. The molecule has 0 radical (unpaired) electrons. The van der Waals surface area contributed by atoms with Crippen LogP contribution in [0.1, 0.15) is 393 Å². The van der Waals surface area contributed by atoms with Gasteiger partial charge in [-0.15, -0.1) is 0 Å². The third-order valence-electron chi connectivity index (χ3n) is 16.3. The van der Waals surface area contributed by atoms with Crippen LogP contribution in [0.4, 0.5) is 0 Å². The second-order valence-corrected chi connectivity index (χ2v) is 23.9. The first-order valence-electron chi connectivity index (χ1n) is 34.4. The van der Waals surface area contributed by atoms with Crippen LogP contribution in [0.25, 0.3) is 0 Å². The van der Waals surface area contributed by atoms with E-state index in [0.29, 0.717) is 25.9 Å². The number of ether oxygens (including phenoxy) is 1. The van der Waals surface area contributed by atoms with E-state index < -0.39 is 12.1 Å². The maximum atomic E-state index is 12.5. The third kappa shape index (κ3) is 61.7. The lowest BCUT2D eigenvalue weighted by Gasteiger charge is -2.22. The first kappa shape index (κ1) is 73.6. The Balaban J connectivity index is 3.34. The van der Waals surface area contributed by atoms with Gasteiger partial charge in [-0.05, 0) is 44.9 Å². The quantitative estimate of drug-likeness (QED) is 0.0320. The summed E-state index contributed by atoms with van der Waals surface area (Å²) in [5.74, 6) is -0.0182. The first-order valence-corrected chi connectivity index (χ1v) is 34.4. The van der Waals surface area contributed by atoms with Crippen LogP contribution in [0.5, 0.6) is 0 Å². The Hall–Kier alpha value is -1.40. The van der Waals surface area contributed by atoms with Gasteiger partial charge >= 0.3 is 5.97 Å². The minimum Gasteiger partial charge on any atom is -0.466 e. The van der Waals surface area contributed by atoms with Gasteiger partial charge in [0.25, 0.3) is 0 Å². The highest BCUT2D eigenvalue weighted by atomic mass is 16.5. The number of hydrogen-bond acceptors (Lipinski definition) is 5. The summed E-state index contributed by atoms with van der Waals surface area (Å²) in [5.41, 5.74) is 0. The zero-order valence-corrected chi connectivity index (χ0v) is 51.1. The number of aliphatic hydroxyl groups excluding tert-OH is 2. The van der Waals surface area contributed by atoms with Crippen molar-refractivity contribution in [2.24, 2.45) is 0 Å². The molecule has 2 atom stereocenters. The van der Waals surface area contributed by atoms with E-state index in [1.165, 1.54) is 315 Å². The number of carbonyl (C=O) groups excluding carboxylic acids is 2. The van der Waals surface area contributed by atoms with Crippen LogP contribution >= 0.6 is 0 Å². The molecule has 6 nitrogen and oxygen atoms in total. The molecule has 0 aromatic carbocycles. The Kier molecular flexibility index (Phi) is 63.9. The molecule has 0 saturated heterocycles. The zero-order valence-electron chi connectivity index (χ0n) is 51.1. The van der Waals surface area contributed by atoms with E-state index in [-0.39, 0.29) is 18.5 Å². The summed E-state index contributed by atoms with van der Waals surface area (Å²) in [4.78, 5) is 24.5. The Labute approximate surface area is 469 Å². The van der Waals surface area contributed by atoms with Gasteiger partial charge in [-0.2, -0.15) is 0 Å². The zero-order chi connectivity index (χ0) is 54.3. The average molecular weight is 1060 g/mol. The van der Waals surface area contributed by atoms with Crippen molar-refractivity contribution >= 4 is 11.9 Å². The number of nitrogens with one attached hydrogen (secondary N) is 1. The highest BCUT2D eigenvalue weighted by Crippen LogP contribution is 2.19. The fourth-order valence-corrected chi connectivity index (χ4v) is 11.0. The van der Waals surface area contributed by atoms with Gasteiger partial charge in [0.15, 0.2) is 0 Å². The SMILES string of the molecule is CCCC/C=C\CCCCCCCC(=O)OCCCCCCCCCCCCCCCCCCCCCCCCCCCCCCCC(=O)NC(CO)C(O)CCCCCCCCCCCCCCCCCCCC. The summed E-state index contributed by atoms with van der Waals surface area (Å²) in [5, 5.41) is 23.4. The summed E-state index contributed by atoms with van der Waals surface area (Å²) in [7, 11) is 0. The lowest BCUT2D eigenvalue weighted by Crippen LogP contribution is -2.45. The van der Waals surface area contributed by atoms with E-state index in [2.05, 4.69) is 31.3 Å². The van der Waals surface area contributed by atoms with E-state index in [1.807, 2.05) is 0 Å². The normalized spacial score (nSPS) is 12.5. The molecule has 1 amide bonds. The molecule has 0 rings (SSSR count). The summed E-state index contributed by atoms with van der Waals surface area (Å²) < 4.78 is 5.47. The first-order chi connectivity index (χ1) is 37.0. The van der Waals surface area contributed by atoms with Gasteiger partial charge in [-0.3, -0.25) is 9.59 Å². The molecule has 0 heterocycles. The Morgan fingerprint density at radius 3 is 0.987 bits per heavy atom. The van der Waals surface area contributed by atoms with Crippen molar-refractivity contribution in [3.63, 3.8) is 0 Å². The monoisotopic (exact) mass is 1060 g/mol. The van der Waals surface area contributed by atoms with Crippen molar-refractivity contribution in [1.82, 2.24) is 5.32 Å². The third-order valence-corrected chi connectivity index (χ3v) is 16.3. The fraction of sp³-hybridized carbons (Fsp3) is 0.942. The van der Waals surface area contributed by atoms with Crippen LogP contribution in [-0.4, -0.2) is 47.4 Å². The molecule has 0 aliphatic heterocycles. The molecule has 0 bridgehead atoms.